The fourth-order valence-electron chi connectivity index (χ4n) is 2.95. The minimum atomic E-state index is -0.650. The van der Waals surface area contributed by atoms with Crippen LogP contribution in [0.3, 0.4) is 0 Å². The highest BCUT2D eigenvalue weighted by Gasteiger charge is 2.43. The summed E-state index contributed by atoms with van der Waals surface area (Å²) >= 11 is 3.54. The molecule has 0 atom stereocenters. The van der Waals surface area contributed by atoms with E-state index in [0.717, 1.165) is 27.7 Å². The van der Waals surface area contributed by atoms with Gasteiger partial charge in [-0.15, -0.1) is 0 Å². The quantitative estimate of drug-likeness (QED) is 0.456. The normalized spacial score (nSPS) is 15.7. The molecule has 0 amide bonds. The molecule has 2 aromatic carbocycles. The van der Waals surface area contributed by atoms with Gasteiger partial charge in [0.1, 0.15) is 11.4 Å². The van der Waals surface area contributed by atoms with Gasteiger partial charge in [0.2, 0.25) is 0 Å². The third-order valence-electron chi connectivity index (χ3n) is 4.86. The molecule has 4 nitrogen and oxygen atoms in total. The van der Waals surface area contributed by atoms with Gasteiger partial charge in [0, 0.05) is 18.1 Å². The van der Waals surface area contributed by atoms with Crippen LogP contribution in [0.15, 0.2) is 45.9 Å². The molecule has 0 saturated carbocycles. The SMILES string of the molecule is CCN(C)C=Nc1cc(F)cc(C2(OCc3ccccc3Br)COC2)c1C. The summed E-state index contributed by atoms with van der Waals surface area (Å²) in [5.41, 5.74) is 2.71. The third-order valence-corrected chi connectivity index (χ3v) is 5.63. The number of hydrogen-bond acceptors (Lipinski definition) is 3. The van der Waals surface area contributed by atoms with E-state index in [1.54, 1.807) is 12.4 Å². The number of halogens is 2. The predicted octanol–water partition coefficient (Wildman–Crippen LogP) is 4.95. The molecule has 6 heteroatoms. The number of rotatable bonds is 7. The molecule has 0 aliphatic carbocycles. The highest BCUT2D eigenvalue weighted by molar-refractivity contribution is 9.10. The second-order valence-corrected chi connectivity index (χ2v) is 7.64. The van der Waals surface area contributed by atoms with Crippen LogP contribution < -0.4 is 0 Å². The van der Waals surface area contributed by atoms with E-state index in [9.17, 15) is 4.39 Å². The lowest BCUT2D eigenvalue weighted by atomic mass is 9.87. The maximum atomic E-state index is 14.3. The van der Waals surface area contributed by atoms with Gasteiger partial charge >= 0.3 is 0 Å². The van der Waals surface area contributed by atoms with Crippen molar-refractivity contribution >= 4 is 28.0 Å². The van der Waals surface area contributed by atoms with Gasteiger partial charge in [0.15, 0.2) is 0 Å². The van der Waals surface area contributed by atoms with Gasteiger partial charge in [-0.2, -0.15) is 0 Å². The first-order valence-electron chi connectivity index (χ1n) is 8.95. The van der Waals surface area contributed by atoms with Gasteiger partial charge in [-0.25, -0.2) is 9.38 Å². The first-order chi connectivity index (χ1) is 12.9. The van der Waals surface area contributed by atoms with E-state index in [1.807, 2.05) is 50.1 Å². The Kier molecular flexibility index (Phi) is 6.29. The second kappa shape index (κ2) is 8.50. The zero-order valence-corrected chi connectivity index (χ0v) is 17.4. The van der Waals surface area contributed by atoms with Crippen LogP contribution in [-0.4, -0.2) is 38.0 Å². The van der Waals surface area contributed by atoms with Crippen LogP contribution in [-0.2, 0) is 21.7 Å². The predicted molar refractivity (Wildman–Crippen MR) is 109 cm³/mol. The van der Waals surface area contributed by atoms with Gasteiger partial charge in [-0.3, -0.25) is 0 Å². The molecular weight excluding hydrogens is 411 g/mol. The van der Waals surface area contributed by atoms with E-state index in [2.05, 4.69) is 20.9 Å². The molecule has 1 aliphatic heterocycles. The highest BCUT2D eigenvalue weighted by atomic mass is 79.9. The summed E-state index contributed by atoms with van der Waals surface area (Å²) in [6, 6.07) is 10.9. The largest absolute Gasteiger partial charge is 0.375 e. The molecule has 3 rings (SSSR count). The Morgan fingerprint density at radius 3 is 2.70 bits per heavy atom. The van der Waals surface area contributed by atoms with Crippen molar-refractivity contribution in [3.63, 3.8) is 0 Å². The van der Waals surface area contributed by atoms with Gasteiger partial charge < -0.3 is 14.4 Å². The summed E-state index contributed by atoms with van der Waals surface area (Å²) in [6.07, 6.45) is 1.72. The summed E-state index contributed by atoms with van der Waals surface area (Å²) in [6.45, 7) is 6.04. The molecule has 0 aromatic heterocycles. The summed E-state index contributed by atoms with van der Waals surface area (Å²) < 4.78 is 27.1. The Hall–Kier alpha value is -1.76. The van der Waals surface area contributed by atoms with Crippen LogP contribution in [0.2, 0.25) is 0 Å². The number of nitrogens with zero attached hydrogens (tertiary/aromatic N) is 2. The lowest BCUT2D eigenvalue weighted by Crippen LogP contribution is -2.49. The third kappa shape index (κ3) is 4.39. The van der Waals surface area contributed by atoms with Crippen LogP contribution in [0.25, 0.3) is 0 Å². The molecule has 1 fully saturated rings. The Morgan fingerprint density at radius 2 is 2.07 bits per heavy atom. The van der Waals surface area contributed by atoms with E-state index >= 15 is 0 Å². The van der Waals surface area contributed by atoms with Crippen LogP contribution in [0.5, 0.6) is 0 Å². The second-order valence-electron chi connectivity index (χ2n) is 6.78. The number of benzene rings is 2. The van der Waals surface area contributed by atoms with Gasteiger partial charge in [0.25, 0.3) is 0 Å². The van der Waals surface area contributed by atoms with E-state index in [0.29, 0.717) is 25.5 Å². The van der Waals surface area contributed by atoms with E-state index in [-0.39, 0.29) is 5.82 Å². The lowest BCUT2D eigenvalue weighted by molar-refractivity contribution is -0.223. The van der Waals surface area contributed by atoms with Crippen molar-refractivity contribution < 1.29 is 13.9 Å². The molecule has 0 unspecified atom stereocenters. The van der Waals surface area contributed by atoms with Crippen molar-refractivity contribution in [2.45, 2.75) is 26.1 Å². The molecule has 27 heavy (non-hydrogen) atoms. The number of aliphatic imine (C=N–C) groups is 1. The van der Waals surface area contributed by atoms with Gasteiger partial charge in [-0.1, -0.05) is 34.1 Å². The summed E-state index contributed by atoms with van der Waals surface area (Å²) in [5.74, 6) is -0.322. The van der Waals surface area contributed by atoms with Gasteiger partial charge in [0.05, 0.1) is 31.8 Å². The van der Waals surface area contributed by atoms with Crippen LogP contribution in [0, 0.1) is 12.7 Å². The average Bonchev–Trinajstić information content (AvgIpc) is 2.63. The molecule has 0 N–H and O–H groups in total. The van der Waals surface area contributed by atoms with Crippen molar-refractivity contribution in [3.8, 4) is 0 Å². The molecule has 0 spiro atoms. The first-order valence-corrected chi connectivity index (χ1v) is 9.74. The summed E-state index contributed by atoms with van der Waals surface area (Å²) in [4.78, 5) is 6.40. The van der Waals surface area contributed by atoms with Crippen molar-refractivity contribution in [2.24, 2.45) is 4.99 Å². The Bertz CT molecular complexity index is 837. The van der Waals surface area contributed by atoms with Crippen LogP contribution in [0.4, 0.5) is 10.1 Å². The maximum absolute atomic E-state index is 14.3. The Labute approximate surface area is 168 Å². The van der Waals surface area contributed by atoms with E-state index in [1.165, 1.54) is 6.07 Å². The highest BCUT2D eigenvalue weighted by Crippen LogP contribution is 2.40. The Balaban J connectivity index is 1.89. The molecule has 2 aromatic rings. The molecule has 0 radical (unpaired) electrons. The maximum Gasteiger partial charge on any atom is 0.140 e. The minimum Gasteiger partial charge on any atom is -0.375 e. The minimum absolute atomic E-state index is 0.322. The van der Waals surface area contributed by atoms with Crippen molar-refractivity contribution in [2.75, 3.05) is 26.8 Å². The van der Waals surface area contributed by atoms with Crippen LogP contribution >= 0.6 is 15.9 Å². The first kappa shape index (κ1) is 20.0. The lowest BCUT2D eigenvalue weighted by Gasteiger charge is -2.42. The molecule has 0 bridgehead atoms. The summed E-state index contributed by atoms with van der Waals surface area (Å²) in [5, 5.41) is 0. The van der Waals surface area contributed by atoms with Gasteiger partial charge in [-0.05, 0) is 48.7 Å². The number of ether oxygens (including phenoxy) is 2. The zero-order chi connectivity index (χ0) is 19.4. The fourth-order valence-corrected chi connectivity index (χ4v) is 3.35. The fraction of sp³-hybridized carbons (Fsp3) is 0.381. The average molecular weight is 435 g/mol. The van der Waals surface area contributed by atoms with Crippen LogP contribution in [0.1, 0.15) is 23.6 Å². The van der Waals surface area contributed by atoms with Crippen molar-refractivity contribution in [3.05, 3.63) is 63.4 Å². The topological polar surface area (TPSA) is 34.1 Å². The Morgan fingerprint density at radius 1 is 1.33 bits per heavy atom. The standard InChI is InChI=1S/C21H24BrFN2O2/c1-4-25(3)14-24-20-10-17(23)9-18(15(20)2)21(12-26-13-21)27-11-16-7-5-6-8-19(16)22/h5-10,14H,4,11-13H2,1-3H3. The monoisotopic (exact) mass is 434 g/mol. The van der Waals surface area contributed by atoms with E-state index < -0.39 is 5.60 Å². The number of hydrogen-bond donors (Lipinski definition) is 0. The molecule has 1 saturated heterocycles. The smallest absolute Gasteiger partial charge is 0.140 e. The molecule has 1 aliphatic rings. The molecule has 1 heterocycles. The zero-order valence-electron chi connectivity index (χ0n) is 15.8. The molecular formula is C21H24BrFN2O2. The van der Waals surface area contributed by atoms with Crippen molar-refractivity contribution in [1.29, 1.82) is 0 Å². The van der Waals surface area contributed by atoms with Crippen molar-refractivity contribution in [1.82, 2.24) is 4.90 Å². The summed E-state index contributed by atoms with van der Waals surface area (Å²) in [7, 11) is 1.93. The molecule has 144 valence electrons. The van der Waals surface area contributed by atoms with E-state index in [4.69, 9.17) is 9.47 Å².